The van der Waals surface area contributed by atoms with E-state index in [1.54, 1.807) is 6.92 Å². The maximum absolute atomic E-state index is 13.0. The fourth-order valence-corrected chi connectivity index (χ4v) is 2.75. The van der Waals surface area contributed by atoms with E-state index < -0.39 is 17.7 Å². The van der Waals surface area contributed by atoms with E-state index >= 15 is 0 Å². The van der Waals surface area contributed by atoms with Gasteiger partial charge in [0.05, 0.1) is 24.8 Å². The minimum Gasteiger partial charge on any atom is -0.496 e. The molecule has 0 spiro atoms. The van der Waals surface area contributed by atoms with Crippen molar-refractivity contribution in [3.8, 4) is 5.75 Å². The molecule has 3 nitrogen and oxygen atoms in total. The van der Waals surface area contributed by atoms with Crippen LogP contribution in [-0.4, -0.2) is 19.7 Å². The molecule has 0 saturated carbocycles. The standard InChI is InChI=1S/C13H11F3O3S/c1-3-19-12(17)8-6-20-11-5-10(18-2)9(4-7(8)11)13(14,15)16/h4-6H,3H2,1-2H3. The van der Waals surface area contributed by atoms with E-state index in [0.717, 1.165) is 6.07 Å². The lowest BCUT2D eigenvalue weighted by atomic mass is 10.1. The molecule has 0 bridgehead atoms. The molecule has 1 aromatic heterocycles. The van der Waals surface area contributed by atoms with E-state index in [0.29, 0.717) is 4.70 Å². The molecule has 0 fully saturated rings. The Bertz CT molecular complexity index is 646. The number of benzene rings is 1. The van der Waals surface area contributed by atoms with Crippen molar-refractivity contribution in [3.63, 3.8) is 0 Å². The molecule has 0 unspecified atom stereocenters. The normalized spacial score (nSPS) is 11.7. The zero-order valence-electron chi connectivity index (χ0n) is 10.7. The van der Waals surface area contributed by atoms with Gasteiger partial charge in [-0.3, -0.25) is 0 Å². The highest BCUT2D eigenvalue weighted by atomic mass is 32.1. The number of carbonyl (C=O) groups excluding carboxylic acids is 1. The van der Waals surface area contributed by atoms with Crippen LogP contribution in [0.15, 0.2) is 17.5 Å². The summed E-state index contributed by atoms with van der Waals surface area (Å²) in [6.07, 6.45) is -4.55. The van der Waals surface area contributed by atoms with Crippen molar-refractivity contribution >= 4 is 27.4 Å². The topological polar surface area (TPSA) is 35.5 Å². The summed E-state index contributed by atoms with van der Waals surface area (Å²) in [5.74, 6) is -0.890. The summed E-state index contributed by atoms with van der Waals surface area (Å²) >= 11 is 1.17. The number of ether oxygens (including phenoxy) is 2. The van der Waals surface area contributed by atoms with Gasteiger partial charge in [-0.1, -0.05) is 0 Å². The molecule has 1 aromatic carbocycles. The number of methoxy groups -OCH3 is 1. The van der Waals surface area contributed by atoms with Crippen LogP contribution in [0, 0.1) is 0 Å². The number of hydrogen-bond donors (Lipinski definition) is 0. The van der Waals surface area contributed by atoms with Crippen molar-refractivity contribution in [1.29, 1.82) is 0 Å². The number of thiophene rings is 1. The first-order valence-electron chi connectivity index (χ1n) is 5.72. The maximum Gasteiger partial charge on any atom is 0.419 e. The third-order valence-corrected chi connectivity index (χ3v) is 3.64. The first kappa shape index (κ1) is 14.6. The molecule has 1 heterocycles. The Kier molecular flexibility index (Phi) is 3.89. The summed E-state index contributed by atoms with van der Waals surface area (Å²) in [6.45, 7) is 1.80. The zero-order chi connectivity index (χ0) is 14.9. The van der Waals surface area contributed by atoms with Gasteiger partial charge in [0, 0.05) is 15.5 Å². The molecule has 0 atom stereocenters. The second-order valence-electron chi connectivity index (χ2n) is 3.92. The molecular formula is C13H11F3O3S. The lowest BCUT2D eigenvalue weighted by molar-refractivity contribution is -0.138. The fraction of sp³-hybridized carbons (Fsp3) is 0.308. The first-order chi connectivity index (χ1) is 9.38. The molecule has 108 valence electrons. The number of halogens is 3. The Morgan fingerprint density at radius 1 is 1.35 bits per heavy atom. The highest BCUT2D eigenvalue weighted by molar-refractivity contribution is 7.17. The van der Waals surface area contributed by atoms with Gasteiger partial charge in [0.25, 0.3) is 0 Å². The van der Waals surface area contributed by atoms with Crippen molar-refractivity contribution in [3.05, 3.63) is 28.6 Å². The van der Waals surface area contributed by atoms with Gasteiger partial charge < -0.3 is 9.47 Å². The predicted octanol–water partition coefficient (Wildman–Crippen LogP) is 4.11. The van der Waals surface area contributed by atoms with Gasteiger partial charge in [-0.05, 0) is 19.1 Å². The van der Waals surface area contributed by atoms with Gasteiger partial charge in [0.15, 0.2) is 0 Å². The lowest BCUT2D eigenvalue weighted by Gasteiger charge is -2.12. The van der Waals surface area contributed by atoms with E-state index in [2.05, 4.69) is 0 Å². The van der Waals surface area contributed by atoms with Crippen LogP contribution in [0.5, 0.6) is 5.75 Å². The van der Waals surface area contributed by atoms with Crippen molar-refractivity contribution < 1.29 is 27.4 Å². The van der Waals surface area contributed by atoms with Crippen LogP contribution in [-0.2, 0) is 10.9 Å². The summed E-state index contributed by atoms with van der Waals surface area (Å²) in [6, 6.07) is 2.21. The van der Waals surface area contributed by atoms with E-state index in [9.17, 15) is 18.0 Å². The highest BCUT2D eigenvalue weighted by Gasteiger charge is 2.35. The van der Waals surface area contributed by atoms with E-state index in [4.69, 9.17) is 9.47 Å². The lowest BCUT2D eigenvalue weighted by Crippen LogP contribution is -2.08. The van der Waals surface area contributed by atoms with Gasteiger partial charge in [-0.25, -0.2) is 4.79 Å². The highest BCUT2D eigenvalue weighted by Crippen LogP contribution is 2.41. The Morgan fingerprint density at radius 3 is 2.60 bits per heavy atom. The van der Waals surface area contributed by atoms with Crippen LogP contribution in [0.4, 0.5) is 13.2 Å². The molecule has 0 aliphatic heterocycles. The quantitative estimate of drug-likeness (QED) is 0.801. The fourth-order valence-electron chi connectivity index (χ4n) is 1.81. The van der Waals surface area contributed by atoms with Crippen LogP contribution in [0.2, 0.25) is 0 Å². The van der Waals surface area contributed by atoms with Crippen molar-refractivity contribution in [2.75, 3.05) is 13.7 Å². The largest absolute Gasteiger partial charge is 0.496 e. The predicted molar refractivity (Wildman–Crippen MR) is 69.3 cm³/mol. The van der Waals surface area contributed by atoms with Crippen molar-refractivity contribution in [1.82, 2.24) is 0 Å². The van der Waals surface area contributed by atoms with Crippen LogP contribution in [0.25, 0.3) is 10.1 Å². The van der Waals surface area contributed by atoms with Crippen LogP contribution in [0.3, 0.4) is 0 Å². The molecule has 0 radical (unpaired) electrons. The molecule has 7 heteroatoms. The summed E-state index contributed by atoms with van der Waals surface area (Å²) in [4.78, 5) is 11.7. The molecule has 0 aliphatic rings. The van der Waals surface area contributed by atoms with Gasteiger partial charge in [0.1, 0.15) is 5.75 Å². The summed E-state index contributed by atoms with van der Waals surface area (Å²) < 4.78 is 49.0. The van der Waals surface area contributed by atoms with E-state index in [1.807, 2.05) is 0 Å². The maximum atomic E-state index is 13.0. The molecule has 0 N–H and O–H groups in total. The SMILES string of the molecule is CCOC(=O)c1csc2cc(OC)c(C(F)(F)F)cc12. The first-order valence-corrected chi connectivity index (χ1v) is 6.60. The molecule has 0 saturated heterocycles. The minimum absolute atomic E-state index is 0.139. The summed E-state index contributed by atoms with van der Waals surface area (Å²) in [7, 11) is 1.18. The van der Waals surface area contributed by atoms with Gasteiger partial charge in [-0.15, -0.1) is 11.3 Å². The molecule has 2 aromatic rings. The number of hydrogen-bond acceptors (Lipinski definition) is 4. The van der Waals surface area contributed by atoms with E-state index in [-0.39, 0.29) is 23.3 Å². The zero-order valence-corrected chi connectivity index (χ0v) is 11.5. The second-order valence-corrected chi connectivity index (χ2v) is 4.83. The third kappa shape index (κ3) is 2.58. The van der Waals surface area contributed by atoms with Gasteiger partial charge >= 0.3 is 12.1 Å². The minimum atomic E-state index is -4.55. The second kappa shape index (κ2) is 5.32. The average molecular weight is 304 g/mol. The van der Waals surface area contributed by atoms with Crippen LogP contribution >= 0.6 is 11.3 Å². The Morgan fingerprint density at radius 2 is 2.05 bits per heavy atom. The number of esters is 1. The van der Waals surface area contributed by atoms with Crippen LogP contribution in [0.1, 0.15) is 22.8 Å². The third-order valence-electron chi connectivity index (χ3n) is 2.70. The molecule has 0 amide bonds. The monoisotopic (exact) mass is 304 g/mol. The van der Waals surface area contributed by atoms with Crippen molar-refractivity contribution in [2.24, 2.45) is 0 Å². The Balaban J connectivity index is 2.64. The van der Waals surface area contributed by atoms with Crippen molar-refractivity contribution in [2.45, 2.75) is 13.1 Å². The number of carbonyl (C=O) groups is 1. The average Bonchev–Trinajstić information content (AvgIpc) is 2.79. The Labute approximate surface area is 116 Å². The van der Waals surface area contributed by atoms with Crippen LogP contribution < -0.4 is 4.74 Å². The Hall–Kier alpha value is -1.76. The van der Waals surface area contributed by atoms with Gasteiger partial charge in [0.2, 0.25) is 0 Å². The van der Waals surface area contributed by atoms with E-state index in [1.165, 1.54) is 29.9 Å². The molecular weight excluding hydrogens is 293 g/mol. The van der Waals surface area contributed by atoms with Gasteiger partial charge in [-0.2, -0.15) is 13.2 Å². The molecule has 0 aliphatic carbocycles. The molecule has 2 rings (SSSR count). The number of fused-ring (bicyclic) bond motifs is 1. The number of alkyl halides is 3. The summed E-state index contributed by atoms with van der Waals surface area (Å²) in [5, 5.41) is 1.71. The smallest absolute Gasteiger partial charge is 0.419 e. The molecule has 20 heavy (non-hydrogen) atoms. The number of rotatable bonds is 3. The summed E-state index contributed by atoms with van der Waals surface area (Å²) in [5.41, 5.74) is -0.767.